The van der Waals surface area contributed by atoms with E-state index in [1.54, 1.807) is 0 Å². The molecule has 0 aliphatic heterocycles. The fourth-order valence-corrected chi connectivity index (χ4v) is 2.75. The molecule has 2 heteroatoms. The normalized spacial score (nSPS) is 10.4. The Morgan fingerprint density at radius 3 is 2.65 bits per heavy atom. The van der Waals surface area contributed by atoms with Gasteiger partial charge >= 0.3 is 0 Å². The summed E-state index contributed by atoms with van der Waals surface area (Å²) in [6.07, 6.45) is 1.02. The first-order chi connectivity index (χ1) is 8.25. The van der Waals surface area contributed by atoms with Gasteiger partial charge in [-0.2, -0.15) is 0 Å². The fraction of sp³-hybridized carbons (Fsp3) is 0.200. The Balaban J connectivity index is 1.90. The molecule has 0 radical (unpaired) electrons. The van der Waals surface area contributed by atoms with Crippen molar-refractivity contribution in [1.82, 2.24) is 0 Å². The molecule has 0 aromatic heterocycles. The molecule has 17 heavy (non-hydrogen) atoms. The number of rotatable bonds is 4. The van der Waals surface area contributed by atoms with Gasteiger partial charge in [-0.1, -0.05) is 35.9 Å². The minimum absolute atomic E-state index is 0.900. The van der Waals surface area contributed by atoms with Crippen molar-refractivity contribution in [2.45, 2.75) is 18.2 Å². The molecule has 0 amide bonds. The first kappa shape index (κ1) is 12.1. The van der Waals surface area contributed by atoms with Crippen LogP contribution < -0.4 is 5.73 Å². The third-order valence-electron chi connectivity index (χ3n) is 2.68. The number of hydrogen-bond donors (Lipinski definition) is 1. The molecular weight excluding hydrogens is 226 g/mol. The zero-order valence-corrected chi connectivity index (χ0v) is 10.8. The Morgan fingerprint density at radius 1 is 1.06 bits per heavy atom. The summed E-state index contributed by atoms with van der Waals surface area (Å²) >= 11 is 1.88. The lowest BCUT2D eigenvalue weighted by Gasteiger charge is -2.05. The second-order valence-corrected chi connectivity index (χ2v) is 5.28. The highest BCUT2D eigenvalue weighted by Crippen LogP contribution is 2.21. The SMILES string of the molecule is Cc1cccc(SCCc2ccccc2N)c1. The minimum Gasteiger partial charge on any atom is -0.399 e. The molecule has 0 unspecified atom stereocenters. The molecule has 88 valence electrons. The molecule has 0 heterocycles. The van der Waals surface area contributed by atoms with Crippen LogP contribution in [-0.2, 0) is 6.42 Å². The van der Waals surface area contributed by atoms with Crippen LogP contribution in [-0.4, -0.2) is 5.75 Å². The third-order valence-corrected chi connectivity index (χ3v) is 3.68. The van der Waals surface area contributed by atoms with Crippen LogP contribution in [0, 0.1) is 6.92 Å². The Hall–Kier alpha value is -1.41. The van der Waals surface area contributed by atoms with E-state index >= 15 is 0 Å². The minimum atomic E-state index is 0.900. The second-order valence-electron chi connectivity index (χ2n) is 4.11. The summed E-state index contributed by atoms with van der Waals surface area (Å²) in [4.78, 5) is 1.33. The molecule has 2 aromatic rings. The van der Waals surface area contributed by atoms with E-state index in [4.69, 9.17) is 5.73 Å². The van der Waals surface area contributed by atoms with Gasteiger partial charge in [0.2, 0.25) is 0 Å². The molecule has 0 saturated carbocycles. The highest BCUT2D eigenvalue weighted by molar-refractivity contribution is 7.99. The standard InChI is InChI=1S/C15H17NS/c1-12-5-4-7-14(11-12)17-10-9-13-6-2-3-8-15(13)16/h2-8,11H,9-10,16H2,1H3. The molecule has 0 fully saturated rings. The maximum Gasteiger partial charge on any atom is 0.0346 e. The lowest BCUT2D eigenvalue weighted by molar-refractivity contribution is 1.16. The monoisotopic (exact) mass is 243 g/mol. The number of para-hydroxylation sites is 1. The van der Waals surface area contributed by atoms with Crippen LogP contribution >= 0.6 is 11.8 Å². The molecular formula is C15H17NS. The van der Waals surface area contributed by atoms with Crippen molar-refractivity contribution in [3.8, 4) is 0 Å². The Bertz CT molecular complexity index is 494. The van der Waals surface area contributed by atoms with Crippen molar-refractivity contribution in [3.63, 3.8) is 0 Å². The maximum absolute atomic E-state index is 5.91. The topological polar surface area (TPSA) is 26.0 Å². The van der Waals surface area contributed by atoms with E-state index in [9.17, 15) is 0 Å². The number of benzene rings is 2. The quantitative estimate of drug-likeness (QED) is 0.651. The van der Waals surface area contributed by atoms with Crippen molar-refractivity contribution in [1.29, 1.82) is 0 Å². The summed E-state index contributed by atoms with van der Waals surface area (Å²) in [5.74, 6) is 1.07. The second kappa shape index (κ2) is 5.78. The van der Waals surface area contributed by atoms with Gasteiger partial charge in [0.15, 0.2) is 0 Å². The van der Waals surface area contributed by atoms with Crippen LogP contribution in [0.15, 0.2) is 53.4 Å². The highest BCUT2D eigenvalue weighted by atomic mass is 32.2. The van der Waals surface area contributed by atoms with Crippen LogP contribution in [0.25, 0.3) is 0 Å². The number of nitrogens with two attached hydrogens (primary N) is 1. The Labute approximate surface area is 107 Å². The van der Waals surface area contributed by atoms with E-state index in [2.05, 4.69) is 37.3 Å². The van der Waals surface area contributed by atoms with E-state index in [1.165, 1.54) is 16.0 Å². The lowest BCUT2D eigenvalue weighted by atomic mass is 10.1. The van der Waals surface area contributed by atoms with E-state index in [0.29, 0.717) is 0 Å². The Morgan fingerprint density at radius 2 is 1.88 bits per heavy atom. The van der Waals surface area contributed by atoms with Crippen molar-refractivity contribution >= 4 is 17.4 Å². The molecule has 2 N–H and O–H groups in total. The van der Waals surface area contributed by atoms with E-state index < -0.39 is 0 Å². The summed E-state index contributed by atoms with van der Waals surface area (Å²) in [5, 5.41) is 0. The third kappa shape index (κ3) is 3.53. The molecule has 2 rings (SSSR count). The largest absolute Gasteiger partial charge is 0.399 e. The number of nitrogen functional groups attached to an aromatic ring is 1. The van der Waals surface area contributed by atoms with Crippen molar-refractivity contribution < 1.29 is 0 Å². The zero-order valence-electron chi connectivity index (χ0n) is 10.0. The predicted octanol–water partition coefficient (Wildman–Crippen LogP) is 3.91. The van der Waals surface area contributed by atoms with Gasteiger partial charge in [0, 0.05) is 16.3 Å². The van der Waals surface area contributed by atoms with E-state index in [-0.39, 0.29) is 0 Å². The van der Waals surface area contributed by atoms with Crippen molar-refractivity contribution in [3.05, 3.63) is 59.7 Å². The summed E-state index contributed by atoms with van der Waals surface area (Å²) in [6, 6.07) is 16.7. The van der Waals surface area contributed by atoms with Gasteiger partial charge < -0.3 is 5.73 Å². The molecule has 0 aliphatic carbocycles. The van der Waals surface area contributed by atoms with Crippen LogP contribution in [0.4, 0.5) is 5.69 Å². The van der Waals surface area contributed by atoms with Crippen LogP contribution in [0.2, 0.25) is 0 Å². The smallest absolute Gasteiger partial charge is 0.0346 e. The zero-order chi connectivity index (χ0) is 12.1. The molecule has 1 nitrogen and oxygen atoms in total. The van der Waals surface area contributed by atoms with Crippen LogP contribution in [0.1, 0.15) is 11.1 Å². The molecule has 0 saturated heterocycles. The average molecular weight is 243 g/mol. The average Bonchev–Trinajstić information content (AvgIpc) is 2.32. The lowest BCUT2D eigenvalue weighted by Crippen LogP contribution is -1.95. The van der Waals surface area contributed by atoms with Crippen molar-refractivity contribution in [2.75, 3.05) is 11.5 Å². The number of anilines is 1. The first-order valence-electron chi connectivity index (χ1n) is 5.78. The van der Waals surface area contributed by atoms with Gasteiger partial charge in [-0.25, -0.2) is 0 Å². The number of aryl methyl sites for hydroxylation is 2. The molecule has 2 aromatic carbocycles. The highest BCUT2D eigenvalue weighted by Gasteiger charge is 1.99. The van der Waals surface area contributed by atoms with Gasteiger partial charge in [-0.3, -0.25) is 0 Å². The first-order valence-corrected chi connectivity index (χ1v) is 6.77. The van der Waals surface area contributed by atoms with Gasteiger partial charge in [-0.15, -0.1) is 11.8 Å². The molecule has 0 spiro atoms. The molecule has 0 aliphatic rings. The summed E-state index contributed by atoms with van der Waals surface area (Å²) in [6.45, 7) is 2.12. The van der Waals surface area contributed by atoms with Gasteiger partial charge in [-0.05, 0) is 37.1 Å². The van der Waals surface area contributed by atoms with Gasteiger partial charge in [0.1, 0.15) is 0 Å². The Kier molecular flexibility index (Phi) is 4.10. The number of hydrogen-bond acceptors (Lipinski definition) is 2. The van der Waals surface area contributed by atoms with Gasteiger partial charge in [0.05, 0.1) is 0 Å². The maximum atomic E-state index is 5.91. The van der Waals surface area contributed by atoms with E-state index in [1.807, 2.05) is 30.0 Å². The summed E-state index contributed by atoms with van der Waals surface area (Å²) in [5.41, 5.74) is 9.37. The fourth-order valence-electron chi connectivity index (χ4n) is 1.75. The summed E-state index contributed by atoms with van der Waals surface area (Å²) < 4.78 is 0. The predicted molar refractivity (Wildman–Crippen MR) is 76.5 cm³/mol. The molecule has 0 bridgehead atoms. The van der Waals surface area contributed by atoms with Crippen molar-refractivity contribution in [2.24, 2.45) is 0 Å². The number of thioether (sulfide) groups is 1. The van der Waals surface area contributed by atoms with Crippen LogP contribution in [0.5, 0.6) is 0 Å². The van der Waals surface area contributed by atoms with E-state index in [0.717, 1.165) is 17.9 Å². The van der Waals surface area contributed by atoms with Crippen LogP contribution in [0.3, 0.4) is 0 Å². The molecule has 0 atom stereocenters. The summed E-state index contributed by atoms with van der Waals surface area (Å²) in [7, 11) is 0. The van der Waals surface area contributed by atoms with Gasteiger partial charge in [0.25, 0.3) is 0 Å².